The van der Waals surface area contributed by atoms with E-state index in [0.717, 1.165) is 18.4 Å². The topological polar surface area (TPSA) is 46.2 Å². The van der Waals surface area contributed by atoms with E-state index >= 15 is 0 Å². The van der Waals surface area contributed by atoms with Crippen molar-refractivity contribution in [1.29, 1.82) is 0 Å². The zero-order chi connectivity index (χ0) is 14.8. The molecule has 2 unspecified atom stereocenters. The summed E-state index contributed by atoms with van der Waals surface area (Å²) in [5.74, 6) is -0.0209. The Hall–Kier alpha value is -0.460. The molecule has 0 aromatic heterocycles. The zero-order valence-electron chi connectivity index (χ0n) is 11.4. The lowest BCUT2D eigenvalue weighted by molar-refractivity contribution is 0.455. The van der Waals surface area contributed by atoms with Crippen molar-refractivity contribution >= 4 is 25.8 Å². The molecule has 112 valence electrons. The van der Waals surface area contributed by atoms with Crippen LogP contribution in [0.1, 0.15) is 24.8 Å². The van der Waals surface area contributed by atoms with Gasteiger partial charge in [0, 0.05) is 10.5 Å². The van der Waals surface area contributed by atoms with Crippen LogP contribution in [0.4, 0.5) is 4.39 Å². The number of halogens is 2. The fraction of sp³-hybridized carbons (Fsp3) is 0.571. The van der Waals surface area contributed by atoms with Crippen molar-refractivity contribution in [2.24, 2.45) is 0 Å². The maximum atomic E-state index is 13.1. The third-order valence-electron chi connectivity index (χ3n) is 3.90. The molecule has 0 saturated carbocycles. The second kappa shape index (κ2) is 6.54. The fourth-order valence-corrected chi connectivity index (χ4v) is 5.46. The lowest BCUT2D eigenvalue weighted by atomic mass is 9.99. The molecule has 2 atom stereocenters. The van der Waals surface area contributed by atoms with E-state index < -0.39 is 9.84 Å². The minimum atomic E-state index is -3.03. The Morgan fingerprint density at radius 1 is 1.45 bits per heavy atom. The van der Waals surface area contributed by atoms with Crippen molar-refractivity contribution in [1.82, 2.24) is 5.32 Å². The second-order valence-electron chi connectivity index (χ2n) is 5.24. The summed E-state index contributed by atoms with van der Waals surface area (Å²) in [4.78, 5) is 0. The molecule has 1 aromatic rings. The first-order valence-electron chi connectivity index (χ1n) is 6.77. The van der Waals surface area contributed by atoms with Gasteiger partial charge in [0.25, 0.3) is 0 Å². The summed E-state index contributed by atoms with van der Waals surface area (Å²) in [6.07, 6.45) is 2.98. The molecule has 1 aliphatic rings. The number of benzene rings is 1. The Morgan fingerprint density at radius 2 is 2.20 bits per heavy atom. The third-order valence-corrected chi connectivity index (χ3v) is 6.99. The van der Waals surface area contributed by atoms with Crippen molar-refractivity contribution < 1.29 is 12.8 Å². The molecule has 1 N–H and O–H groups in total. The molecule has 1 saturated heterocycles. The van der Waals surface area contributed by atoms with Crippen molar-refractivity contribution in [2.75, 3.05) is 12.8 Å². The van der Waals surface area contributed by atoms with Crippen LogP contribution in [0.3, 0.4) is 0 Å². The molecule has 0 radical (unpaired) electrons. The zero-order valence-corrected chi connectivity index (χ0v) is 13.8. The van der Waals surface area contributed by atoms with Gasteiger partial charge in [-0.1, -0.05) is 28.4 Å². The Bertz CT molecular complexity index is 577. The van der Waals surface area contributed by atoms with Crippen molar-refractivity contribution in [3.8, 4) is 0 Å². The van der Waals surface area contributed by atoms with Crippen LogP contribution < -0.4 is 5.32 Å². The van der Waals surface area contributed by atoms with Gasteiger partial charge >= 0.3 is 0 Å². The maximum Gasteiger partial charge on any atom is 0.154 e. The van der Waals surface area contributed by atoms with E-state index in [9.17, 15) is 12.8 Å². The largest absolute Gasteiger partial charge is 0.315 e. The number of rotatable bonds is 4. The SMILES string of the molecule is CNC(Cc1ccc(F)cc1Br)C1CCCCS1(=O)=O. The monoisotopic (exact) mass is 363 g/mol. The molecule has 1 aliphatic heterocycles. The van der Waals surface area contributed by atoms with E-state index in [4.69, 9.17) is 0 Å². The van der Waals surface area contributed by atoms with E-state index in [2.05, 4.69) is 21.2 Å². The summed E-state index contributed by atoms with van der Waals surface area (Å²) in [6.45, 7) is 0. The minimum absolute atomic E-state index is 0.137. The first-order valence-corrected chi connectivity index (χ1v) is 9.27. The van der Waals surface area contributed by atoms with Crippen molar-refractivity contribution in [2.45, 2.75) is 37.0 Å². The molecular formula is C14H19BrFNO2S. The van der Waals surface area contributed by atoms with E-state index in [1.54, 1.807) is 13.1 Å². The third kappa shape index (κ3) is 3.59. The molecule has 1 aromatic carbocycles. The maximum absolute atomic E-state index is 13.1. The highest BCUT2D eigenvalue weighted by molar-refractivity contribution is 9.10. The lowest BCUT2D eigenvalue weighted by Gasteiger charge is -2.30. The highest BCUT2D eigenvalue weighted by atomic mass is 79.9. The summed E-state index contributed by atoms with van der Waals surface area (Å²) in [7, 11) is -1.24. The van der Waals surface area contributed by atoms with Gasteiger partial charge in [0.05, 0.1) is 11.0 Å². The first-order chi connectivity index (χ1) is 9.44. The molecule has 6 heteroatoms. The normalized spacial score (nSPS) is 23.4. The summed E-state index contributed by atoms with van der Waals surface area (Å²) >= 11 is 3.34. The van der Waals surface area contributed by atoms with Gasteiger partial charge in [-0.3, -0.25) is 0 Å². The van der Waals surface area contributed by atoms with Gasteiger partial charge < -0.3 is 5.32 Å². The molecule has 0 bridgehead atoms. The Labute approximate surface area is 128 Å². The molecule has 3 nitrogen and oxygen atoms in total. The smallest absolute Gasteiger partial charge is 0.154 e. The molecule has 0 aliphatic carbocycles. The molecule has 1 fully saturated rings. The second-order valence-corrected chi connectivity index (χ2v) is 8.43. The van der Waals surface area contributed by atoms with E-state index in [0.29, 0.717) is 17.3 Å². The van der Waals surface area contributed by atoms with Crippen LogP contribution in [-0.4, -0.2) is 32.5 Å². The van der Waals surface area contributed by atoms with Gasteiger partial charge in [0.15, 0.2) is 9.84 Å². The van der Waals surface area contributed by atoms with Gasteiger partial charge in [-0.25, -0.2) is 12.8 Å². The minimum Gasteiger partial charge on any atom is -0.315 e. The van der Waals surface area contributed by atoms with E-state index in [1.165, 1.54) is 12.1 Å². The summed E-state index contributed by atoms with van der Waals surface area (Å²) in [6, 6.07) is 4.39. The van der Waals surface area contributed by atoms with Crippen LogP contribution in [0.15, 0.2) is 22.7 Å². The van der Waals surface area contributed by atoms with Crippen LogP contribution >= 0.6 is 15.9 Å². The van der Waals surface area contributed by atoms with E-state index in [1.807, 2.05) is 0 Å². The number of hydrogen-bond acceptors (Lipinski definition) is 3. The molecule has 1 heterocycles. The highest BCUT2D eigenvalue weighted by Gasteiger charge is 2.34. The Balaban J connectivity index is 2.20. The van der Waals surface area contributed by atoms with Crippen LogP contribution in [0.5, 0.6) is 0 Å². The summed E-state index contributed by atoms with van der Waals surface area (Å²) in [5.41, 5.74) is 0.923. The summed E-state index contributed by atoms with van der Waals surface area (Å²) in [5, 5.41) is 2.78. The average molecular weight is 364 g/mol. The van der Waals surface area contributed by atoms with Crippen LogP contribution in [-0.2, 0) is 16.3 Å². The molecule has 0 spiro atoms. The van der Waals surface area contributed by atoms with Gasteiger partial charge in [0.2, 0.25) is 0 Å². The van der Waals surface area contributed by atoms with Crippen LogP contribution in [0.2, 0.25) is 0 Å². The molecule has 2 rings (SSSR count). The number of nitrogens with one attached hydrogen (secondary N) is 1. The van der Waals surface area contributed by atoms with Gasteiger partial charge in [-0.2, -0.15) is 0 Å². The molecule has 20 heavy (non-hydrogen) atoms. The highest BCUT2D eigenvalue weighted by Crippen LogP contribution is 2.26. The van der Waals surface area contributed by atoms with Crippen LogP contribution in [0.25, 0.3) is 0 Å². The predicted molar refractivity (Wildman–Crippen MR) is 82.1 cm³/mol. The van der Waals surface area contributed by atoms with Crippen LogP contribution in [0, 0.1) is 5.82 Å². The van der Waals surface area contributed by atoms with Gasteiger partial charge in [-0.15, -0.1) is 0 Å². The Morgan fingerprint density at radius 3 is 2.80 bits per heavy atom. The van der Waals surface area contributed by atoms with Crippen molar-refractivity contribution in [3.05, 3.63) is 34.1 Å². The number of sulfone groups is 1. The average Bonchev–Trinajstić information content (AvgIpc) is 2.38. The number of hydrogen-bond donors (Lipinski definition) is 1. The van der Waals surface area contributed by atoms with E-state index in [-0.39, 0.29) is 22.9 Å². The number of likely N-dealkylation sites (N-methyl/N-ethyl adjacent to an activating group) is 1. The predicted octanol–water partition coefficient (Wildman–Crippen LogP) is 2.69. The fourth-order valence-electron chi connectivity index (χ4n) is 2.77. The van der Waals surface area contributed by atoms with Gasteiger partial charge in [0.1, 0.15) is 5.82 Å². The quantitative estimate of drug-likeness (QED) is 0.894. The summed E-state index contributed by atoms with van der Waals surface area (Å²) < 4.78 is 38.2. The molecular weight excluding hydrogens is 345 g/mol. The Kier molecular flexibility index (Phi) is 5.20. The van der Waals surface area contributed by atoms with Crippen molar-refractivity contribution in [3.63, 3.8) is 0 Å². The standard InChI is InChI=1S/C14H19BrFNO2S/c1-17-13(14-4-2-3-7-20(14,18)19)8-10-5-6-11(16)9-12(10)15/h5-6,9,13-14,17H,2-4,7-8H2,1H3. The van der Waals surface area contributed by atoms with Gasteiger partial charge in [-0.05, 0) is 44.0 Å². The lowest BCUT2D eigenvalue weighted by Crippen LogP contribution is -2.46. The first kappa shape index (κ1) is 15.9. The molecule has 0 amide bonds.